The molecular weight excluding hydrogens is 314 g/mol. The van der Waals surface area contributed by atoms with Crippen LogP contribution >= 0.6 is 0 Å². The molecule has 2 aliphatic rings. The fourth-order valence-electron chi connectivity index (χ4n) is 4.34. The smallest absolute Gasteiger partial charge is 0.253 e. The largest absolute Gasteiger partial charge is 0.380 e. The molecule has 0 bridgehead atoms. The Morgan fingerprint density at radius 3 is 2.96 bits per heavy atom. The second-order valence-electron chi connectivity index (χ2n) is 7.13. The third kappa shape index (κ3) is 3.26. The lowest BCUT2D eigenvalue weighted by molar-refractivity contribution is 0.0874. The number of pyridine rings is 1. The number of methoxy groups -OCH3 is 1. The maximum absolute atomic E-state index is 12.9. The van der Waals surface area contributed by atoms with E-state index >= 15 is 0 Å². The SMILES string of the molecule is COC1CCN([C@H]2CCC[C@H]2NC(=O)c2cncc3ccccc23)C1. The molecule has 1 unspecified atom stereocenters. The van der Waals surface area contributed by atoms with Crippen LogP contribution in [-0.4, -0.2) is 54.2 Å². The van der Waals surface area contributed by atoms with Crippen LogP contribution in [0.1, 0.15) is 36.0 Å². The molecule has 1 aliphatic carbocycles. The van der Waals surface area contributed by atoms with Gasteiger partial charge < -0.3 is 10.1 Å². The zero-order valence-corrected chi connectivity index (χ0v) is 14.6. The molecule has 1 aliphatic heterocycles. The molecule has 5 nitrogen and oxygen atoms in total. The Morgan fingerprint density at radius 2 is 2.12 bits per heavy atom. The van der Waals surface area contributed by atoms with Crippen molar-refractivity contribution in [3.05, 3.63) is 42.2 Å². The molecule has 1 aromatic heterocycles. The van der Waals surface area contributed by atoms with E-state index in [0.717, 1.165) is 49.5 Å². The third-order valence-electron chi connectivity index (χ3n) is 5.69. The number of aromatic nitrogens is 1. The average molecular weight is 339 g/mol. The number of ether oxygens (including phenoxy) is 1. The molecule has 1 amide bonds. The van der Waals surface area contributed by atoms with Crippen LogP contribution in [-0.2, 0) is 4.74 Å². The minimum Gasteiger partial charge on any atom is -0.380 e. The van der Waals surface area contributed by atoms with Gasteiger partial charge >= 0.3 is 0 Å². The second kappa shape index (κ2) is 7.10. The van der Waals surface area contributed by atoms with Crippen molar-refractivity contribution < 1.29 is 9.53 Å². The van der Waals surface area contributed by atoms with Crippen LogP contribution in [0.15, 0.2) is 36.7 Å². The van der Waals surface area contributed by atoms with E-state index < -0.39 is 0 Å². The number of carbonyl (C=O) groups is 1. The molecule has 1 saturated carbocycles. The first kappa shape index (κ1) is 16.5. The molecule has 5 heteroatoms. The molecule has 2 heterocycles. The van der Waals surface area contributed by atoms with E-state index in [1.807, 2.05) is 24.3 Å². The highest BCUT2D eigenvalue weighted by molar-refractivity contribution is 6.06. The number of hydrogen-bond acceptors (Lipinski definition) is 4. The lowest BCUT2D eigenvalue weighted by Crippen LogP contribution is -2.48. The van der Waals surface area contributed by atoms with Crippen LogP contribution in [0.25, 0.3) is 10.8 Å². The minimum absolute atomic E-state index is 0.0105. The zero-order chi connectivity index (χ0) is 17.2. The first-order valence-electron chi connectivity index (χ1n) is 9.16. The Morgan fingerprint density at radius 1 is 1.24 bits per heavy atom. The molecule has 2 aromatic rings. The third-order valence-corrected chi connectivity index (χ3v) is 5.69. The molecule has 132 valence electrons. The van der Waals surface area contributed by atoms with E-state index in [4.69, 9.17) is 4.74 Å². The van der Waals surface area contributed by atoms with Crippen LogP contribution < -0.4 is 5.32 Å². The summed E-state index contributed by atoms with van der Waals surface area (Å²) >= 11 is 0. The number of fused-ring (bicyclic) bond motifs is 1. The summed E-state index contributed by atoms with van der Waals surface area (Å²) < 4.78 is 5.50. The Balaban J connectivity index is 1.50. The van der Waals surface area contributed by atoms with Gasteiger partial charge in [0.15, 0.2) is 0 Å². The molecule has 2 fully saturated rings. The van der Waals surface area contributed by atoms with Crippen LogP contribution in [0.2, 0.25) is 0 Å². The molecule has 1 saturated heterocycles. The number of benzene rings is 1. The Hall–Kier alpha value is -1.98. The first-order valence-corrected chi connectivity index (χ1v) is 9.16. The topological polar surface area (TPSA) is 54.5 Å². The molecule has 0 radical (unpaired) electrons. The summed E-state index contributed by atoms with van der Waals surface area (Å²) in [5, 5.41) is 5.25. The van der Waals surface area contributed by atoms with Crippen molar-refractivity contribution in [2.75, 3.05) is 20.2 Å². The predicted octanol–water partition coefficient (Wildman–Crippen LogP) is 2.61. The Bertz CT molecular complexity index is 758. The highest BCUT2D eigenvalue weighted by Crippen LogP contribution is 2.28. The van der Waals surface area contributed by atoms with Gasteiger partial charge in [0.05, 0.1) is 11.7 Å². The predicted molar refractivity (Wildman–Crippen MR) is 97.6 cm³/mol. The molecule has 1 N–H and O–H groups in total. The summed E-state index contributed by atoms with van der Waals surface area (Å²) in [6.45, 7) is 2.04. The maximum Gasteiger partial charge on any atom is 0.253 e. The lowest BCUT2D eigenvalue weighted by atomic mass is 10.1. The summed E-state index contributed by atoms with van der Waals surface area (Å²) in [4.78, 5) is 19.6. The van der Waals surface area contributed by atoms with Gasteiger partial charge in [-0.2, -0.15) is 0 Å². The van der Waals surface area contributed by atoms with Crippen LogP contribution in [0, 0.1) is 0 Å². The number of nitrogens with one attached hydrogen (secondary N) is 1. The number of nitrogens with zero attached hydrogens (tertiary/aromatic N) is 2. The monoisotopic (exact) mass is 339 g/mol. The van der Waals surface area contributed by atoms with Crippen molar-refractivity contribution in [1.82, 2.24) is 15.2 Å². The van der Waals surface area contributed by atoms with E-state index in [0.29, 0.717) is 17.7 Å². The average Bonchev–Trinajstić information content (AvgIpc) is 3.30. The van der Waals surface area contributed by atoms with E-state index in [-0.39, 0.29) is 11.9 Å². The summed E-state index contributed by atoms with van der Waals surface area (Å²) in [5.74, 6) is -0.0105. The summed E-state index contributed by atoms with van der Waals surface area (Å²) in [7, 11) is 1.79. The van der Waals surface area contributed by atoms with Gasteiger partial charge in [-0.25, -0.2) is 0 Å². The normalized spacial score (nSPS) is 27.0. The number of rotatable bonds is 4. The van der Waals surface area contributed by atoms with E-state index in [2.05, 4.69) is 15.2 Å². The van der Waals surface area contributed by atoms with Crippen molar-refractivity contribution in [3.63, 3.8) is 0 Å². The maximum atomic E-state index is 12.9. The fourth-order valence-corrected chi connectivity index (χ4v) is 4.34. The molecule has 4 rings (SSSR count). The number of carbonyl (C=O) groups excluding carboxylic acids is 1. The van der Waals surface area contributed by atoms with Gasteiger partial charge in [-0.05, 0) is 31.1 Å². The van der Waals surface area contributed by atoms with Crippen molar-refractivity contribution in [1.29, 1.82) is 0 Å². The summed E-state index contributed by atoms with van der Waals surface area (Å²) in [6, 6.07) is 8.55. The van der Waals surface area contributed by atoms with Crippen molar-refractivity contribution in [2.24, 2.45) is 0 Å². The van der Waals surface area contributed by atoms with E-state index in [1.165, 1.54) is 0 Å². The van der Waals surface area contributed by atoms with Gasteiger partial charge in [0.25, 0.3) is 5.91 Å². The van der Waals surface area contributed by atoms with Gasteiger partial charge in [-0.3, -0.25) is 14.7 Å². The zero-order valence-electron chi connectivity index (χ0n) is 14.6. The highest BCUT2D eigenvalue weighted by atomic mass is 16.5. The number of hydrogen-bond donors (Lipinski definition) is 1. The standard InChI is InChI=1S/C20H25N3O2/c1-25-15-9-10-23(13-15)19-8-4-7-18(19)22-20(24)17-12-21-11-14-5-2-3-6-16(14)17/h2-3,5-6,11-12,15,18-19H,4,7-10,13H2,1H3,(H,22,24)/t15?,18-,19+/m1/s1. The van der Waals surface area contributed by atoms with Crippen LogP contribution in [0.4, 0.5) is 0 Å². The van der Waals surface area contributed by atoms with Crippen molar-refractivity contribution >= 4 is 16.7 Å². The number of amides is 1. The van der Waals surface area contributed by atoms with Gasteiger partial charge in [-0.1, -0.05) is 24.3 Å². The fraction of sp³-hybridized carbons (Fsp3) is 0.500. The van der Waals surface area contributed by atoms with Gasteiger partial charge in [0.1, 0.15) is 0 Å². The van der Waals surface area contributed by atoms with Gasteiger partial charge in [-0.15, -0.1) is 0 Å². The second-order valence-corrected chi connectivity index (χ2v) is 7.13. The van der Waals surface area contributed by atoms with E-state index in [1.54, 1.807) is 19.5 Å². The molecule has 1 aromatic carbocycles. The number of likely N-dealkylation sites (tertiary alicyclic amines) is 1. The van der Waals surface area contributed by atoms with Crippen LogP contribution in [0.5, 0.6) is 0 Å². The highest BCUT2D eigenvalue weighted by Gasteiger charge is 2.37. The van der Waals surface area contributed by atoms with E-state index in [9.17, 15) is 4.79 Å². The lowest BCUT2D eigenvalue weighted by Gasteiger charge is -2.30. The quantitative estimate of drug-likeness (QED) is 0.930. The molecule has 3 atom stereocenters. The molecule has 25 heavy (non-hydrogen) atoms. The van der Waals surface area contributed by atoms with Crippen molar-refractivity contribution in [3.8, 4) is 0 Å². The Labute approximate surface area is 148 Å². The first-order chi connectivity index (χ1) is 12.3. The Kier molecular flexibility index (Phi) is 4.68. The summed E-state index contributed by atoms with van der Waals surface area (Å²) in [6.07, 6.45) is 8.26. The molecular formula is C20H25N3O2. The molecule has 0 spiro atoms. The van der Waals surface area contributed by atoms with Gasteiger partial charge in [0.2, 0.25) is 0 Å². The van der Waals surface area contributed by atoms with Crippen molar-refractivity contribution in [2.45, 2.75) is 43.9 Å². The van der Waals surface area contributed by atoms with Gasteiger partial charge in [0, 0.05) is 50.1 Å². The van der Waals surface area contributed by atoms with Crippen LogP contribution in [0.3, 0.4) is 0 Å². The summed E-state index contributed by atoms with van der Waals surface area (Å²) in [5.41, 5.74) is 0.667. The minimum atomic E-state index is -0.0105.